The minimum Gasteiger partial charge on any atom is -0.446 e. The zero-order valence-electron chi connectivity index (χ0n) is 31.1. The van der Waals surface area contributed by atoms with E-state index in [1.54, 1.807) is 24.3 Å². The predicted octanol–water partition coefficient (Wildman–Crippen LogP) is 7.12. The van der Waals surface area contributed by atoms with E-state index in [-0.39, 0.29) is 30.9 Å². The normalized spacial score (nSPS) is 22.0. The molecule has 1 aromatic heterocycles. The Morgan fingerprint density at radius 3 is 2.18 bits per heavy atom. The van der Waals surface area contributed by atoms with Crippen LogP contribution in [0.1, 0.15) is 62.5 Å². The predicted molar refractivity (Wildman–Crippen MR) is 214 cm³/mol. The Hall–Kier alpha value is -5.03. The van der Waals surface area contributed by atoms with Gasteiger partial charge in [0.2, 0.25) is 11.8 Å². The van der Waals surface area contributed by atoms with Crippen LogP contribution in [0.3, 0.4) is 0 Å². The van der Waals surface area contributed by atoms with E-state index in [2.05, 4.69) is 31.6 Å². The molecular weight excluding hydrogens is 716 g/mol. The molecule has 4 fully saturated rings. The molecule has 3 aromatic carbocycles. The van der Waals surface area contributed by atoms with Crippen LogP contribution in [0.4, 0.5) is 15.3 Å². The second kappa shape index (κ2) is 17.6. The highest BCUT2D eigenvalue weighted by Crippen LogP contribution is 2.54. The minimum atomic E-state index is -1.65. The second-order valence-electron chi connectivity index (χ2n) is 15.6. The number of halogens is 1. The van der Waals surface area contributed by atoms with Crippen LogP contribution in [0.25, 0.3) is 10.9 Å². The van der Waals surface area contributed by atoms with Crippen molar-refractivity contribution in [1.29, 1.82) is 0 Å². The van der Waals surface area contributed by atoms with Gasteiger partial charge in [-0.15, -0.1) is 0 Å². The number of amides is 5. The van der Waals surface area contributed by atoms with Crippen molar-refractivity contribution >= 4 is 52.1 Å². The number of nitrogens with one attached hydrogen (secondary N) is 6. The molecule has 0 saturated heterocycles. The minimum absolute atomic E-state index is 0.0723. The van der Waals surface area contributed by atoms with Gasteiger partial charge in [-0.2, -0.15) is 0 Å². The lowest BCUT2D eigenvalue weighted by molar-refractivity contribution is -0.133. The molecule has 0 unspecified atom stereocenters. The molecular formula is C43H51ClN6O5. The molecule has 12 heteroatoms. The molecule has 0 radical (unpaired) electrons. The maximum atomic E-state index is 14.5. The molecule has 0 spiro atoms. The van der Waals surface area contributed by atoms with Crippen molar-refractivity contribution in [2.24, 2.45) is 23.7 Å². The highest BCUT2D eigenvalue weighted by Gasteiger charge is 2.51. The van der Waals surface area contributed by atoms with E-state index in [9.17, 15) is 19.2 Å². The fraction of sp³-hybridized carbons (Fsp3) is 0.442. The lowest BCUT2D eigenvalue weighted by Gasteiger charge is -2.53. The van der Waals surface area contributed by atoms with Gasteiger partial charge in [0.15, 0.2) is 0 Å². The fourth-order valence-electron chi connectivity index (χ4n) is 9.27. The molecule has 1 heterocycles. The Balaban J connectivity index is 1.04. The van der Waals surface area contributed by atoms with Crippen LogP contribution in [-0.2, 0) is 27.2 Å². The number of aromatic amines is 1. The molecule has 4 aliphatic rings. The summed E-state index contributed by atoms with van der Waals surface area (Å²) in [5.41, 5.74) is 1.63. The number of rotatable bonds is 16. The Bertz CT molecular complexity index is 1940. The van der Waals surface area contributed by atoms with Gasteiger partial charge >= 0.3 is 12.1 Å². The van der Waals surface area contributed by atoms with Crippen LogP contribution in [0.2, 0.25) is 5.02 Å². The number of H-pyrrole nitrogens is 1. The molecule has 8 rings (SSSR count). The van der Waals surface area contributed by atoms with E-state index in [4.69, 9.17) is 16.3 Å². The van der Waals surface area contributed by atoms with Crippen LogP contribution in [0.15, 0.2) is 85.1 Å². The van der Waals surface area contributed by atoms with Crippen LogP contribution in [0.5, 0.6) is 0 Å². The third-order valence-electron chi connectivity index (χ3n) is 11.7. The summed E-state index contributed by atoms with van der Waals surface area (Å²) in [4.78, 5) is 58.0. The number of aromatic nitrogens is 1. The molecule has 55 heavy (non-hydrogen) atoms. The number of benzene rings is 3. The molecule has 4 saturated carbocycles. The van der Waals surface area contributed by atoms with Crippen molar-refractivity contribution in [2.45, 2.75) is 75.9 Å². The lowest BCUT2D eigenvalue weighted by atomic mass is 9.55. The molecule has 6 N–H and O–H groups in total. The van der Waals surface area contributed by atoms with E-state index in [1.165, 1.54) is 6.42 Å². The van der Waals surface area contributed by atoms with Gasteiger partial charge < -0.3 is 36.3 Å². The van der Waals surface area contributed by atoms with Gasteiger partial charge in [-0.3, -0.25) is 9.59 Å². The third-order valence-corrected chi connectivity index (χ3v) is 12.0. The number of ether oxygens (including phenoxy) is 1. The van der Waals surface area contributed by atoms with E-state index in [0.29, 0.717) is 73.3 Å². The number of alkyl carbamates (subject to hydrolysis) is 1. The number of para-hydroxylation sites is 2. The van der Waals surface area contributed by atoms with Crippen molar-refractivity contribution < 1.29 is 23.9 Å². The maximum absolute atomic E-state index is 14.5. The smallest absolute Gasteiger partial charge is 0.408 e. The first kappa shape index (κ1) is 38.3. The maximum Gasteiger partial charge on any atom is 0.408 e. The molecule has 4 aromatic rings. The highest BCUT2D eigenvalue weighted by atomic mass is 35.5. The van der Waals surface area contributed by atoms with Gasteiger partial charge in [0.05, 0.1) is 17.1 Å². The first-order valence-corrected chi connectivity index (χ1v) is 20.0. The van der Waals surface area contributed by atoms with E-state index < -0.39 is 17.5 Å². The van der Waals surface area contributed by atoms with Gasteiger partial charge in [-0.1, -0.05) is 72.3 Å². The Morgan fingerprint density at radius 1 is 0.764 bits per heavy atom. The van der Waals surface area contributed by atoms with E-state index >= 15 is 0 Å². The van der Waals surface area contributed by atoms with Crippen LogP contribution >= 0.6 is 11.6 Å². The summed E-state index contributed by atoms with van der Waals surface area (Å²) >= 11 is 6.14. The molecule has 5 amide bonds. The number of urea groups is 1. The number of carbonyl (C=O) groups excluding carboxylic acids is 4. The van der Waals surface area contributed by atoms with Gasteiger partial charge in [0, 0.05) is 43.2 Å². The standard InChI is InChI=1S/C43H51ClN6O5/c44-35-13-5-7-15-37(35)49-41(53)47-18-9-8-17-45-38(51)26-43(25-33-27-48-36-14-6-4-12-34(33)36,40(52)46-19-16-28-10-2-1-3-11-28)50-42(54)55-39-31-21-29-20-30(23-31)24-32(39)22-29/h1-7,10-15,27,29-32,39,48H,8-9,16-26H2,(H,45,51)(H,46,52)(H,50,54)(H2,47,49,53)/t29?,30?,31?,32?,39?,43-/m1/s1. The van der Waals surface area contributed by atoms with Crippen molar-refractivity contribution in [1.82, 2.24) is 26.3 Å². The van der Waals surface area contributed by atoms with E-state index in [1.807, 2.05) is 60.8 Å². The van der Waals surface area contributed by atoms with Crippen molar-refractivity contribution in [3.8, 4) is 0 Å². The lowest BCUT2D eigenvalue weighted by Crippen LogP contribution is -2.63. The average Bonchev–Trinajstić information content (AvgIpc) is 3.57. The molecule has 11 nitrogen and oxygen atoms in total. The second-order valence-corrected chi connectivity index (χ2v) is 16.0. The van der Waals surface area contributed by atoms with Crippen LogP contribution in [-0.4, -0.2) is 60.2 Å². The Labute approximate surface area is 327 Å². The van der Waals surface area contributed by atoms with Gasteiger partial charge in [-0.25, -0.2) is 9.59 Å². The van der Waals surface area contributed by atoms with Crippen LogP contribution in [0, 0.1) is 23.7 Å². The molecule has 1 atom stereocenters. The molecule has 0 aliphatic heterocycles. The SMILES string of the molecule is O=C(C[C@@](Cc1c[nH]c2ccccc12)(NC(=O)OC1C2CC3CC(C2)CC1C3)C(=O)NCCc1ccccc1)NCCCCNC(=O)Nc1ccccc1Cl. The summed E-state index contributed by atoms with van der Waals surface area (Å²) in [5.74, 6) is 1.28. The average molecular weight is 767 g/mol. The highest BCUT2D eigenvalue weighted by molar-refractivity contribution is 6.33. The number of hydrogen-bond donors (Lipinski definition) is 6. The largest absolute Gasteiger partial charge is 0.446 e. The van der Waals surface area contributed by atoms with Crippen molar-refractivity contribution in [3.05, 3.63) is 101 Å². The summed E-state index contributed by atoms with van der Waals surface area (Å²) in [5, 5.41) is 15.9. The quantitative estimate of drug-likeness (QED) is 0.0671. The van der Waals surface area contributed by atoms with Crippen molar-refractivity contribution in [3.63, 3.8) is 0 Å². The molecule has 4 aliphatic carbocycles. The monoisotopic (exact) mass is 766 g/mol. The number of fused-ring (bicyclic) bond motifs is 1. The summed E-state index contributed by atoms with van der Waals surface area (Å²) < 4.78 is 6.27. The summed E-state index contributed by atoms with van der Waals surface area (Å²) in [6, 6.07) is 24.3. The number of anilines is 1. The zero-order chi connectivity index (χ0) is 38.2. The summed E-state index contributed by atoms with van der Waals surface area (Å²) in [7, 11) is 0. The number of hydrogen-bond acceptors (Lipinski definition) is 5. The molecule has 4 bridgehead atoms. The first-order chi connectivity index (χ1) is 26.7. The summed E-state index contributed by atoms with van der Waals surface area (Å²) in [6.45, 7) is 1.03. The fourth-order valence-corrected chi connectivity index (χ4v) is 9.45. The first-order valence-electron chi connectivity index (χ1n) is 19.7. The Kier molecular flexibility index (Phi) is 12.3. The van der Waals surface area contributed by atoms with Gasteiger partial charge in [0.1, 0.15) is 11.6 Å². The van der Waals surface area contributed by atoms with Gasteiger partial charge in [0.25, 0.3) is 0 Å². The third kappa shape index (κ3) is 9.62. The van der Waals surface area contributed by atoms with E-state index in [0.717, 1.165) is 47.7 Å². The number of carbonyl (C=O) groups is 4. The Morgan fingerprint density at radius 2 is 1.44 bits per heavy atom. The van der Waals surface area contributed by atoms with Crippen LogP contribution < -0.4 is 26.6 Å². The number of unbranched alkanes of at least 4 members (excludes halogenated alkanes) is 1. The molecule has 290 valence electrons. The topological polar surface area (TPSA) is 153 Å². The summed E-state index contributed by atoms with van der Waals surface area (Å²) in [6.07, 6.45) is 8.15. The zero-order valence-corrected chi connectivity index (χ0v) is 31.8. The van der Waals surface area contributed by atoms with Gasteiger partial charge in [-0.05, 0) is 104 Å². The van der Waals surface area contributed by atoms with Crippen molar-refractivity contribution in [2.75, 3.05) is 25.0 Å².